The van der Waals surface area contributed by atoms with Gasteiger partial charge in [-0.05, 0) is 31.0 Å². The maximum absolute atomic E-state index is 13.7. The molecule has 0 fully saturated rings. The second-order valence-electron chi connectivity index (χ2n) is 6.07. The molecule has 1 amide bonds. The van der Waals surface area contributed by atoms with Crippen LogP contribution in [0.5, 0.6) is 0 Å². The van der Waals surface area contributed by atoms with Gasteiger partial charge in [0.05, 0.1) is 11.4 Å². The van der Waals surface area contributed by atoms with Gasteiger partial charge in [0.15, 0.2) is 5.69 Å². The number of nitrogens with zero attached hydrogens (tertiary/aromatic N) is 3. The first-order valence-corrected chi connectivity index (χ1v) is 8.17. The summed E-state index contributed by atoms with van der Waals surface area (Å²) >= 11 is 0. The van der Waals surface area contributed by atoms with Crippen LogP contribution in [0.25, 0.3) is 11.3 Å². The van der Waals surface area contributed by atoms with E-state index in [0.29, 0.717) is 11.3 Å². The van der Waals surface area contributed by atoms with E-state index in [-0.39, 0.29) is 18.3 Å². The van der Waals surface area contributed by atoms with Gasteiger partial charge in [0.25, 0.3) is 5.91 Å². The molecule has 1 aromatic carbocycles. The zero-order chi connectivity index (χ0) is 17.4. The number of amides is 1. The molecular weight excluding hydrogens is 319 g/mol. The molecule has 3 aromatic rings. The van der Waals surface area contributed by atoms with Crippen LogP contribution in [-0.4, -0.2) is 20.7 Å². The van der Waals surface area contributed by atoms with Crippen LogP contribution in [0, 0.1) is 5.82 Å². The van der Waals surface area contributed by atoms with Crippen LogP contribution in [-0.2, 0) is 26.4 Å². The number of carbonyl (C=O) groups excluding carboxylic acids is 1. The normalized spacial score (nSPS) is 12.4. The number of rotatable bonds is 3. The van der Waals surface area contributed by atoms with E-state index < -0.39 is 0 Å². The van der Waals surface area contributed by atoms with Crippen LogP contribution >= 0.6 is 0 Å². The standard InChI is InChI=1S/C19H17FN4O/c1-24-18-13-6-4-10-21-16(13)9-8-14(18)17(23-24)19(25)22-11-12-5-2-3-7-15(12)20/h2-7,10H,8-9,11H2,1H3,(H,22,25). The van der Waals surface area contributed by atoms with Gasteiger partial charge >= 0.3 is 0 Å². The Morgan fingerprint density at radius 3 is 2.92 bits per heavy atom. The Morgan fingerprint density at radius 2 is 2.08 bits per heavy atom. The minimum absolute atomic E-state index is 0.134. The van der Waals surface area contributed by atoms with E-state index in [0.717, 1.165) is 35.4 Å². The zero-order valence-corrected chi connectivity index (χ0v) is 13.8. The van der Waals surface area contributed by atoms with Crippen molar-refractivity contribution < 1.29 is 9.18 Å². The number of aromatic nitrogens is 3. The van der Waals surface area contributed by atoms with Crippen LogP contribution in [0.15, 0.2) is 42.6 Å². The summed E-state index contributed by atoms with van der Waals surface area (Å²) in [4.78, 5) is 17.0. The van der Waals surface area contributed by atoms with Crippen molar-refractivity contribution in [3.05, 3.63) is 70.9 Å². The predicted molar refractivity (Wildman–Crippen MR) is 91.4 cm³/mol. The summed E-state index contributed by atoms with van der Waals surface area (Å²) in [6.45, 7) is 0.134. The summed E-state index contributed by atoms with van der Waals surface area (Å²) in [5.41, 5.74) is 4.76. The monoisotopic (exact) mass is 336 g/mol. The molecule has 0 radical (unpaired) electrons. The van der Waals surface area contributed by atoms with E-state index in [2.05, 4.69) is 15.4 Å². The van der Waals surface area contributed by atoms with Gasteiger partial charge in [0, 0.05) is 36.5 Å². The van der Waals surface area contributed by atoms with Crippen molar-refractivity contribution in [3.8, 4) is 11.3 Å². The molecule has 0 atom stereocenters. The maximum atomic E-state index is 13.7. The number of nitrogens with one attached hydrogen (secondary N) is 1. The Hall–Kier alpha value is -3.02. The Bertz CT molecular complexity index is 964. The molecule has 0 aliphatic heterocycles. The molecule has 2 aromatic heterocycles. The van der Waals surface area contributed by atoms with E-state index in [9.17, 15) is 9.18 Å². The van der Waals surface area contributed by atoms with Gasteiger partial charge in [-0.1, -0.05) is 18.2 Å². The average Bonchev–Trinajstić information content (AvgIpc) is 2.98. The molecule has 0 saturated carbocycles. The second kappa shape index (κ2) is 6.12. The minimum Gasteiger partial charge on any atom is -0.346 e. The Morgan fingerprint density at radius 1 is 1.24 bits per heavy atom. The molecule has 6 heteroatoms. The number of fused-ring (bicyclic) bond motifs is 3. The van der Waals surface area contributed by atoms with E-state index in [4.69, 9.17) is 0 Å². The van der Waals surface area contributed by atoms with Crippen molar-refractivity contribution in [1.29, 1.82) is 0 Å². The molecule has 126 valence electrons. The highest BCUT2D eigenvalue weighted by molar-refractivity contribution is 5.96. The van der Waals surface area contributed by atoms with Crippen molar-refractivity contribution in [1.82, 2.24) is 20.1 Å². The number of hydrogen-bond donors (Lipinski definition) is 1. The summed E-state index contributed by atoms with van der Waals surface area (Å²) in [6.07, 6.45) is 3.28. The minimum atomic E-state index is -0.328. The van der Waals surface area contributed by atoms with Gasteiger partial charge in [-0.15, -0.1) is 0 Å². The Labute approximate surface area is 144 Å². The molecule has 1 aliphatic carbocycles. The van der Waals surface area contributed by atoms with Crippen LogP contribution in [0.3, 0.4) is 0 Å². The van der Waals surface area contributed by atoms with Crippen molar-refractivity contribution in [3.63, 3.8) is 0 Å². The highest BCUT2D eigenvalue weighted by atomic mass is 19.1. The van der Waals surface area contributed by atoms with Crippen LogP contribution < -0.4 is 5.32 Å². The molecule has 5 nitrogen and oxygen atoms in total. The number of hydrogen-bond acceptors (Lipinski definition) is 3. The smallest absolute Gasteiger partial charge is 0.272 e. The number of benzene rings is 1. The third-order valence-corrected chi connectivity index (χ3v) is 4.51. The number of halogens is 1. The highest BCUT2D eigenvalue weighted by Crippen LogP contribution is 2.33. The van der Waals surface area contributed by atoms with Gasteiger partial charge in [-0.3, -0.25) is 14.5 Å². The van der Waals surface area contributed by atoms with E-state index in [1.54, 1.807) is 29.1 Å². The Balaban J connectivity index is 1.62. The quantitative estimate of drug-likeness (QED) is 0.800. The lowest BCUT2D eigenvalue weighted by molar-refractivity contribution is 0.0944. The SMILES string of the molecule is Cn1nc(C(=O)NCc2ccccc2F)c2c1-c1cccnc1CC2. The van der Waals surface area contributed by atoms with Gasteiger partial charge in [0.2, 0.25) is 0 Å². The number of pyridine rings is 1. The fourth-order valence-electron chi connectivity index (χ4n) is 3.32. The fourth-order valence-corrected chi connectivity index (χ4v) is 3.32. The lowest BCUT2D eigenvalue weighted by Crippen LogP contribution is -2.25. The topological polar surface area (TPSA) is 59.8 Å². The van der Waals surface area contributed by atoms with Crippen molar-refractivity contribution >= 4 is 5.91 Å². The van der Waals surface area contributed by atoms with E-state index in [1.807, 2.05) is 19.2 Å². The highest BCUT2D eigenvalue weighted by Gasteiger charge is 2.27. The Kier molecular flexibility index (Phi) is 3.80. The second-order valence-corrected chi connectivity index (χ2v) is 6.07. The third kappa shape index (κ3) is 2.69. The predicted octanol–water partition coefficient (Wildman–Crippen LogP) is 2.65. The largest absolute Gasteiger partial charge is 0.346 e. The van der Waals surface area contributed by atoms with Gasteiger partial charge in [0.1, 0.15) is 5.82 Å². The first kappa shape index (κ1) is 15.5. The first-order valence-electron chi connectivity index (χ1n) is 8.17. The lowest BCUT2D eigenvalue weighted by Gasteiger charge is -2.16. The van der Waals surface area contributed by atoms with Crippen LogP contribution in [0.4, 0.5) is 4.39 Å². The van der Waals surface area contributed by atoms with E-state index in [1.165, 1.54) is 6.07 Å². The molecule has 1 aliphatic rings. The summed E-state index contributed by atoms with van der Waals surface area (Å²) in [5, 5.41) is 7.18. The van der Waals surface area contributed by atoms with Gasteiger partial charge in [-0.2, -0.15) is 5.10 Å². The number of carbonyl (C=O) groups is 1. The van der Waals surface area contributed by atoms with E-state index >= 15 is 0 Å². The number of aryl methyl sites for hydroxylation is 2. The summed E-state index contributed by atoms with van der Waals surface area (Å²) < 4.78 is 15.4. The molecule has 4 rings (SSSR count). The molecule has 0 bridgehead atoms. The maximum Gasteiger partial charge on any atom is 0.272 e. The summed E-state index contributed by atoms with van der Waals surface area (Å²) in [6, 6.07) is 10.3. The van der Waals surface area contributed by atoms with Crippen LogP contribution in [0.2, 0.25) is 0 Å². The fraction of sp³-hybridized carbons (Fsp3) is 0.211. The molecule has 0 spiro atoms. The van der Waals surface area contributed by atoms with Gasteiger partial charge < -0.3 is 5.32 Å². The van der Waals surface area contributed by atoms with Crippen molar-refractivity contribution in [2.45, 2.75) is 19.4 Å². The molecule has 2 heterocycles. The first-order chi connectivity index (χ1) is 12.1. The average molecular weight is 336 g/mol. The summed E-state index contributed by atoms with van der Waals surface area (Å²) in [7, 11) is 1.83. The lowest BCUT2D eigenvalue weighted by atomic mass is 9.92. The molecule has 25 heavy (non-hydrogen) atoms. The summed E-state index contributed by atoms with van der Waals surface area (Å²) in [5.74, 6) is -0.613. The molecule has 1 N–H and O–H groups in total. The van der Waals surface area contributed by atoms with Gasteiger partial charge in [-0.25, -0.2) is 4.39 Å². The van der Waals surface area contributed by atoms with Crippen LogP contribution in [0.1, 0.15) is 27.3 Å². The zero-order valence-electron chi connectivity index (χ0n) is 13.8. The molecule has 0 unspecified atom stereocenters. The van der Waals surface area contributed by atoms with Crippen molar-refractivity contribution in [2.24, 2.45) is 7.05 Å². The molecule has 0 saturated heterocycles. The third-order valence-electron chi connectivity index (χ3n) is 4.51. The molecular formula is C19H17FN4O. The van der Waals surface area contributed by atoms with Crippen molar-refractivity contribution in [2.75, 3.05) is 0 Å².